The summed E-state index contributed by atoms with van der Waals surface area (Å²) in [6.07, 6.45) is 1.04. The molecule has 2 unspecified atom stereocenters. The quantitative estimate of drug-likeness (QED) is 0.344. The molecule has 0 saturated carbocycles. The van der Waals surface area contributed by atoms with Gasteiger partial charge in [0.25, 0.3) is 0 Å². The molecule has 0 radical (unpaired) electrons. The van der Waals surface area contributed by atoms with Gasteiger partial charge < -0.3 is 9.64 Å². The van der Waals surface area contributed by atoms with Crippen LogP contribution in [0.4, 0.5) is 0 Å². The van der Waals surface area contributed by atoms with Crippen LogP contribution in [0.15, 0.2) is 41.6 Å². The number of hydrogen-bond donors (Lipinski definition) is 0. The topological polar surface area (TPSA) is 89.8 Å². The molecule has 126 valence electrons. The van der Waals surface area contributed by atoms with Gasteiger partial charge in [-0.1, -0.05) is 37.3 Å². The summed E-state index contributed by atoms with van der Waals surface area (Å²) < 4.78 is 5.28. The fourth-order valence-electron chi connectivity index (χ4n) is 3.41. The summed E-state index contributed by atoms with van der Waals surface area (Å²) in [5.74, 6) is -0.972. The minimum Gasteiger partial charge on any atom is -0.456 e. The van der Waals surface area contributed by atoms with Gasteiger partial charge in [-0.25, -0.2) is 4.79 Å². The Morgan fingerprint density at radius 1 is 1.38 bits per heavy atom. The van der Waals surface area contributed by atoms with E-state index in [0.717, 1.165) is 5.56 Å². The smallest absolute Gasteiger partial charge is 0.355 e. The van der Waals surface area contributed by atoms with E-state index in [0.29, 0.717) is 18.4 Å². The van der Waals surface area contributed by atoms with Gasteiger partial charge in [-0.2, -0.15) is 0 Å². The second kappa shape index (κ2) is 6.43. The lowest BCUT2D eigenvalue weighted by Gasteiger charge is -2.43. The predicted octanol–water partition coefficient (Wildman–Crippen LogP) is 1.90. The number of hydrogen-bond acceptors (Lipinski definition) is 5. The highest BCUT2D eigenvalue weighted by atomic mass is 16.6. The zero-order valence-electron chi connectivity index (χ0n) is 13.3. The first kappa shape index (κ1) is 16.2. The Kier molecular flexibility index (Phi) is 4.33. The molecule has 0 aliphatic carbocycles. The van der Waals surface area contributed by atoms with Crippen LogP contribution in [-0.2, 0) is 20.9 Å². The van der Waals surface area contributed by atoms with Crippen LogP contribution in [0.1, 0.15) is 25.3 Å². The molecular weight excluding hydrogens is 312 g/mol. The number of ether oxygens (including phenoxy) is 1. The van der Waals surface area contributed by atoms with Gasteiger partial charge in [-0.15, -0.1) is 0 Å². The summed E-state index contributed by atoms with van der Waals surface area (Å²) in [5, 5.41) is 10.9. The van der Waals surface area contributed by atoms with E-state index in [4.69, 9.17) is 4.74 Å². The van der Waals surface area contributed by atoms with E-state index in [1.807, 2.05) is 37.3 Å². The molecule has 2 atom stereocenters. The van der Waals surface area contributed by atoms with E-state index < -0.39 is 17.4 Å². The fraction of sp³-hybridized carbons (Fsp3) is 0.412. The van der Waals surface area contributed by atoms with Crippen LogP contribution in [0.2, 0.25) is 0 Å². The second-order valence-electron chi connectivity index (χ2n) is 6.00. The van der Waals surface area contributed by atoms with Crippen LogP contribution in [0.5, 0.6) is 0 Å². The first-order chi connectivity index (χ1) is 11.5. The number of amides is 1. The van der Waals surface area contributed by atoms with Gasteiger partial charge in [-0.3, -0.25) is 14.9 Å². The number of esters is 1. The van der Waals surface area contributed by atoms with Crippen molar-refractivity contribution in [2.24, 2.45) is 5.92 Å². The molecule has 2 aliphatic heterocycles. The second-order valence-corrected chi connectivity index (χ2v) is 6.00. The van der Waals surface area contributed by atoms with E-state index in [1.165, 1.54) is 4.90 Å². The van der Waals surface area contributed by atoms with Gasteiger partial charge in [0, 0.05) is 10.5 Å². The molecule has 2 heterocycles. The standard InChI is InChI=1S/C17H18N2O5/c1-2-13-14-8-12(9-18(22)23)15(19(14)16(13)20)17(21)24-10-11-6-4-3-5-7-11/h3-7,13-14H,2,8-10H2,1H3. The van der Waals surface area contributed by atoms with Crippen LogP contribution in [0, 0.1) is 16.0 Å². The third-order valence-electron chi connectivity index (χ3n) is 4.55. The number of fused-ring (bicyclic) bond motifs is 1. The Hall–Kier alpha value is -2.70. The predicted molar refractivity (Wildman–Crippen MR) is 84.2 cm³/mol. The Morgan fingerprint density at radius 2 is 2.08 bits per heavy atom. The van der Waals surface area contributed by atoms with Crippen molar-refractivity contribution in [2.75, 3.05) is 6.54 Å². The number of rotatable bonds is 6. The van der Waals surface area contributed by atoms with Crippen molar-refractivity contribution in [3.05, 3.63) is 57.3 Å². The van der Waals surface area contributed by atoms with E-state index in [9.17, 15) is 19.7 Å². The Balaban J connectivity index is 1.77. The SMILES string of the molecule is CCC1C(=O)N2C(C(=O)OCc3ccccc3)=C(C[N+](=O)[O-])CC12. The molecule has 1 saturated heterocycles. The number of nitrogens with zero attached hydrogens (tertiary/aromatic N) is 2. The molecule has 1 aromatic rings. The lowest BCUT2D eigenvalue weighted by Crippen LogP contribution is -2.58. The van der Waals surface area contributed by atoms with Crippen LogP contribution in [0.25, 0.3) is 0 Å². The minimum atomic E-state index is -0.666. The van der Waals surface area contributed by atoms with Crippen molar-refractivity contribution in [1.82, 2.24) is 4.90 Å². The molecule has 1 aromatic carbocycles. The molecule has 1 amide bonds. The summed E-state index contributed by atoms with van der Waals surface area (Å²) in [6.45, 7) is 1.53. The van der Waals surface area contributed by atoms with Crippen LogP contribution < -0.4 is 0 Å². The molecule has 1 fully saturated rings. The van der Waals surface area contributed by atoms with Crippen molar-refractivity contribution in [3.8, 4) is 0 Å². The average molecular weight is 330 g/mol. The number of carbonyl (C=O) groups excluding carboxylic acids is 2. The molecule has 24 heavy (non-hydrogen) atoms. The maximum atomic E-state index is 12.4. The summed E-state index contributed by atoms with van der Waals surface area (Å²) in [7, 11) is 0. The Morgan fingerprint density at radius 3 is 2.71 bits per heavy atom. The largest absolute Gasteiger partial charge is 0.456 e. The molecule has 3 rings (SSSR count). The minimum absolute atomic E-state index is 0.0683. The maximum absolute atomic E-state index is 12.4. The molecule has 0 bridgehead atoms. The van der Waals surface area contributed by atoms with Crippen molar-refractivity contribution >= 4 is 11.9 Å². The van der Waals surface area contributed by atoms with Crippen LogP contribution in [-0.4, -0.2) is 34.3 Å². The number of carbonyl (C=O) groups is 2. The Labute approximate surface area is 139 Å². The lowest BCUT2D eigenvalue weighted by atomic mass is 9.85. The van der Waals surface area contributed by atoms with E-state index in [-0.39, 0.29) is 30.2 Å². The number of β-lactam (4-membered cyclic amide) rings is 1. The first-order valence-corrected chi connectivity index (χ1v) is 7.90. The van der Waals surface area contributed by atoms with Gasteiger partial charge in [0.2, 0.25) is 12.5 Å². The first-order valence-electron chi connectivity index (χ1n) is 7.90. The lowest BCUT2D eigenvalue weighted by molar-refractivity contribution is -0.471. The monoisotopic (exact) mass is 330 g/mol. The zero-order chi connectivity index (χ0) is 17.3. The third kappa shape index (κ3) is 2.77. The average Bonchev–Trinajstić information content (AvgIpc) is 2.88. The maximum Gasteiger partial charge on any atom is 0.355 e. The van der Waals surface area contributed by atoms with Crippen LogP contribution >= 0.6 is 0 Å². The van der Waals surface area contributed by atoms with E-state index >= 15 is 0 Å². The summed E-state index contributed by atoms with van der Waals surface area (Å²) in [5.41, 5.74) is 1.27. The molecule has 0 N–H and O–H groups in total. The summed E-state index contributed by atoms with van der Waals surface area (Å²) in [4.78, 5) is 36.5. The molecule has 0 spiro atoms. The molecule has 0 aromatic heterocycles. The van der Waals surface area contributed by atoms with Gasteiger partial charge in [-0.05, 0) is 18.4 Å². The van der Waals surface area contributed by atoms with Crippen molar-refractivity contribution in [1.29, 1.82) is 0 Å². The van der Waals surface area contributed by atoms with Crippen LogP contribution in [0.3, 0.4) is 0 Å². The zero-order valence-corrected chi connectivity index (χ0v) is 13.3. The normalized spacial score (nSPS) is 22.2. The Bertz CT molecular complexity index is 713. The number of benzene rings is 1. The molecule has 7 nitrogen and oxygen atoms in total. The fourth-order valence-corrected chi connectivity index (χ4v) is 3.41. The van der Waals surface area contributed by atoms with Crippen molar-refractivity contribution in [3.63, 3.8) is 0 Å². The molecule has 2 aliphatic rings. The number of nitro groups is 1. The van der Waals surface area contributed by atoms with E-state index in [2.05, 4.69) is 0 Å². The third-order valence-corrected chi connectivity index (χ3v) is 4.55. The molecule has 7 heteroatoms. The van der Waals surface area contributed by atoms with E-state index in [1.54, 1.807) is 0 Å². The van der Waals surface area contributed by atoms with Gasteiger partial charge in [0.15, 0.2) is 0 Å². The highest BCUT2D eigenvalue weighted by molar-refractivity contribution is 6.00. The highest BCUT2D eigenvalue weighted by Gasteiger charge is 2.55. The van der Waals surface area contributed by atoms with Gasteiger partial charge in [0.1, 0.15) is 12.3 Å². The van der Waals surface area contributed by atoms with Crippen molar-refractivity contribution < 1.29 is 19.2 Å². The summed E-state index contributed by atoms with van der Waals surface area (Å²) in [6, 6.07) is 9.01. The highest BCUT2D eigenvalue weighted by Crippen LogP contribution is 2.43. The molecular formula is C17H18N2O5. The van der Waals surface area contributed by atoms with Gasteiger partial charge in [0.05, 0.1) is 12.0 Å². The summed E-state index contributed by atoms with van der Waals surface area (Å²) >= 11 is 0. The van der Waals surface area contributed by atoms with Gasteiger partial charge >= 0.3 is 5.97 Å². The van der Waals surface area contributed by atoms with Crippen molar-refractivity contribution in [2.45, 2.75) is 32.4 Å².